The van der Waals surface area contributed by atoms with Crippen LogP contribution in [-0.4, -0.2) is 0 Å². The molecule has 1 unspecified atom stereocenters. The van der Waals surface area contributed by atoms with Gasteiger partial charge < -0.3 is 0 Å². The molecule has 1 aliphatic rings. The zero-order chi connectivity index (χ0) is 13.0. The van der Waals surface area contributed by atoms with Crippen LogP contribution in [0.1, 0.15) is 68.9 Å². The van der Waals surface area contributed by atoms with Gasteiger partial charge in [0, 0.05) is 0 Å². The van der Waals surface area contributed by atoms with E-state index in [1.165, 1.54) is 43.2 Å². The van der Waals surface area contributed by atoms with Gasteiger partial charge in [0.25, 0.3) is 0 Å². The largest absolute Gasteiger partial charge is 0.198 e. The first-order valence-corrected chi connectivity index (χ1v) is 7.22. The first-order chi connectivity index (χ1) is 8.72. The van der Waals surface area contributed by atoms with Crippen molar-refractivity contribution in [3.8, 4) is 6.07 Å². The van der Waals surface area contributed by atoms with Crippen LogP contribution in [-0.2, 0) is 0 Å². The second-order valence-corrected chi connectivity index (χ2v) is 5.83. The topological polar surface area (TPSA) is 23.8 Å². The third-order valence-corrected chi connectivity index (χ3v) is 4.22. The molecule has 0 N–H and O–H groups in total. The number of rotatable bonds is 3. The molecule has 1 atom stereocenters. The molecule has 0 heterocycles. The molecule has 0 radical (unpaired) electrons. The monoisotopic (exact) mass is 241 g/mol. The van der Waals surface area contributed by atoms with Gasteiger partial charge in [-0.3, -0.25) is 0 Å². The van der Waals surface area contributed by atoms with Crippen LogP contribution in [0.15, 0.2) is 24.3 Å². The molecule has 1 aromatic rings. The van der Waals surface area contributed by atoms with Crippen molar-refractivity contribution in [3.05, 3.63) is 35.4 Å². The van der Waals surface area contributed by atoms with Crippen LogP contribution in [0.3, 0.4) is 0 Å². The van der Waals surface area contributed by atoms with Gasteiger partial charge in [-0.2, -0.15) is 5.26 Å². The number of hydrogen-bond acceptors (Lipinski definition) is 1. The Morgan fingerprint density at radius 2 is 1.56 bits per heavy atom. The number of nitriles is 1. The van der Waals surface area contributed by atoms with E-state index in [0.29, 0.717) is 11.8 Å². The Labute approximate surface area is 111 Å². The quantitative estimate of drug-likeness (QED) is 0.730. The summed E-state index contributed by atoms with van der Waals surface area (Å²) in [6.45, 7) is 4.41. The number of benzene rings is 1. The molecule has 0 spiro atoms. The molecule has 18 heavy (non-hydrogen) atoms. The van der Waals surface area contributed by atoms with Gasteiger partial charge in [0.15, 0.2) is 0 Å². The summed E-state index contributed by atoms with van der Waals surface area (Å²) in [6.07, 6.45) is 6.40. The summed E-state index contributed by atoms with van der Waals surface area (Å²) in [6, 6.07) is 11.2. The average molecular weight is 241 g/mol. The summed E-state index contributed by atoms with van der Waals surface area (Å²) in [5.74, 6) is 1.24. The van der Waals surface area contributed by atoms with Crippen LogP contribution in [0.25, 0.3) is 0 Å². The van der Waals surface area contributed by atoms with Crippen LogP contribution in [0.2, 0.25) is 0 Å². The zero-order valence-corrected chi connectivity index (χ0v) is 11.5. The van der Waals surface area contributed by atoms with Crippen molar-refractivity contribution in [1.82, 2.24) is 0 Å². The predicted molar refractivity (Wildman–Crippen MR) is 75.5 cm³/mol. The van der Waals surface area contributed by atoms with E-state index in [1.807, 2.05) is 0 Å². The Morgan fingerprint density at radius 1 is 1.00 bits per heavy atom. The molecule has 0 amide bonds. The summed E-state index contributed by atoms with van der Waals surface area (Å²) < 4.78 is 0. The van der Waals surface area contributed by atoms with Gasteiger partial charge in [-0.05, 0) is 35.8 Å². The molecule has 96 valence electrons. The van der Waals surface area contributed by atoms with Gasteiger partial charge in [0.1, 0.15) is 0 Å². The molecule has 0 bridgehead atoms. The normalized spacial score (nSPS) is 18.6. The fourth-order valence-corrected chi connectivity index (χ4v) is 3.01. The zero-order valence-electron chi connectivity index (χ0n) is 11.5. The van der Waals surface area contributed by atoms with E-state index in [0.717, 1.165) is 0 Å². The fourth-order valence-electron chi connectivity index (χ4n) is 3.01. The van der Waals surface area contributed by atoms with E-state index < -0.39 is 0 Å². The Bertz CT molecular complexity index is 404. The van der Waals surface area contributed by atoms with Crippen molar-refractivity contribution >= 4 is 0 Å². The third-order valence-electron chi connectivity index (χ3n) is 4.22. The SMILES string of the molecule is CC(C)c1ccc(C(C#N)C2CCCCC2)cc1. The molecule has 1 saturated carbocycles. The van der Waals surface area contributed by atoms with Crippen LogP contribution in [0.5, 0.6) is 0 Å². The van der Waals surface area contributed by atoms with Gasteiger partial charge in [-0.1, -0.05) is 57.4 Å². The van der Waals surface area contributed by atoms with E-state index >= 15 is 0 Å². The molecule has 1 aliphatic carbocycles. The molecular formula is C17H23N. The van der Waals surface area contributed by atoms with E-state index in [4.69, 9.17) is 0 Å². The van der Waals surface area contributed by atoms with Crippen LogP contribution in [0, 0.1) is 17.2 Å². The van der Waals surface area contributed by atoms with E-state index in [9.17, 15) is 5.26 Å². The Morgan fingerprint density at radius 3 is 2.06 bits per heavy atom. The van der Waals surface area contributed by atoms with Crippen molar-refractivity contribution in [2.24, 2.45) is 5.92 Å². The Hall–Kier alpha value is -1.29. The van der Waals surface area contributed by atoms with Gasteiger partial charge >= 0.3 is 0 Å². The minimum absolute atomic E-state index is 0.103. The minimum Gasteiger partial charge on any atom is -0.198 e. The summed E-state index contributed by atoms with van der Waals surface area (Å²) >= 11 is 0. The van der Waals surface area contributed by atoms with Gasteiger partial charge in [0.05, 0.1) is 12.0 Å². The summed E-state index contributed by atoms with van der Waals surface area (Å²) in [4.78, 5) is 0. The van der Waals surface area contributed by atoms with Crippen molar-refractivity contribution in [2.75, 3.05) is 0 Å². The highest BCUT2D eigenvalue weighted by molar-refractivity contribution is 5.30. The first-order valence-electron chi connectivity index (χ1n) is 7.22. The lowest BCUT2D eigenvalue weighted by molar-refractivity contribution is 0.335. The van der Waals surface area contributed by atoms with Crippen LogP contribution >= 0.6 is 0 Å². The van der Waals surface area contributed by atoms with Gasteiger partial charge in [-0.15, -0.1) is 0 Å². The molecule has 0 aromatic heterocycles. The summed E-state index contributed by atoms with van der Waals surface area (Å²) in [7, 11) is 0. The maximum absolute atomic E-state index is 9.46. The van der Waals surface area contributed by atoms with E-state index in [-0.39, 0.29) is 5.92 Å². The second kappa shape index (κ2) is 6.05. The van der Waals surface area contributed by atoms with Gasteiger partial charge in [-0.25, -0.2) is 0 Å². The Kier molecular flexibility index (Phi) is 4.42. The second-order valence-electron chi connectivity index (χ2n) is 5.83. The van der Waals surface area contributed by atoms with E-state index in [1.54, 1.807) is 0 Å². The highest BCUT2D eigenvalue weighted by atomic mass is 14.3. The van der Waals surface area contributed by atoms with Crippen molar-refractivity contribution in [3.63, 3.8) is 0 Å². The molecular weight excluding hydrogens is 218 g/mol. The third kappa shape index (κ3) is 2.93. The molecule has 0 saturated heterocycles. The van der Waals surface area contributed by atoms with Crippen LogP contribution in [0.4, 0.5) is 0 Å². The number of nitrogens with zero attached hydrogens (tertiary/aromatic N) is 1. The molecule has 1 fully saturated rings. The van der Waals surface area contributed by atoms with Crippen molar-refractivity contribution in [2.45, 2.75) is 57.8 Å². The highest BCUT2D eigenvalue weighted by Crippen LogP contribution is 2.35. The molecule has 1 nitrogen and oxygen atoms in total. The first kappa shape index (κ1) is 13.1. The van der Waals surface area contributed by atoms with E-state index in [2.05, 4.69) is 44.2 Å². The summed E-state index contributed by atoms with van der Waals surface area (Å²) in [5, 5.41) is 9.46. The molecule has 2 rings (SSSR count). The maximum Gasteiger partial charge on any atom is 0.0740 e. The fraction of sp³-hybridized carbons (Fsp3) is 0.588. The molecule has 1 heteroatoms. The maximum atomic E-state index is 9.46. The number of hydrogen-bond donors (Lipinski definition) is 0. The van der Waals surface area contributed by atoms with Gasteiger partial charge in [0.2, 0.25) is 0 Å². The van der Waals surface area contributed by atoms with Crippen molar-refractivity contribution in [1.29, 1.82) is 5.26 Å². The lowest BCUT2D eigenvalue weighted by atomic mass is 9.77. The molecule has 1 aromatic carbocycles. The smallest absolute Gasteiger partial charge is 0.0740 e. The molecule has 0 aliphatic heterocycles. The summed E-state index contributed by atoms with van der Waals surface area (Å²) in [5.41, 5.74) is 2.58. The lowest BCUT2D eigenvalue weighted by Crippen LogP contribution is -2.15. The van der Waals surface area contributed by atoms with Crippen molar-refractivity contribution < 1.29 is 0 Å². The predicted octanol–water partition coefficient (Wildman–Crippen LogP) is 5.00. The van der Waals surface area contributed by atoms with Crippen LogP contribution < -0.4 is 0 Å². The Balaban J connectivity index is 2.14. The minimum atomic E-state index is 0.103. The highest BCUT2D eigenvalue weighted by Gasteiger charge is 2.24. The standard InChI is InChI=1S/C17H23N/c1-13(2)14-8-10-16(11-9-14)17(12-18)15-6-4-3-5-7-15/h8-11,13,15,17H,3-7H2,1-2H3. The lowest BCUT2D eigenvalue weighted by Gasteiger charge is -2.26. The average Bonchev–Trinajstić information content (AvgIpc) is 2.41.